The van der Waals surface area contributed by atoms with Gasteiger partial charge in [-0.3, -0.25) is 4.79 Å². The molecule has 0 bridgehead atoms. The zero-order valence-corrected chi connectivity index (χ0v) is 9.65. The predicted molar refractivity (Wildman–Crippen MR) is 69.8 cm³/mol. The Morgan fingerprint density at radius 1 is 1.35 bits per heavy atom. The summed E-state index contributed by atoms with van der Waals surface area (Å²) in [4.78, 5) is 11.0. The van der Waals surface area contributed by atoms with Crippen molar-refractivity contribution >= 4 is 17.3 Å². The van der Waals surface area contributed by atoms with Gasteiger partial charge in [-0.15, -0.1) is 0 Å². The number of carbonyl (C=O) groups is 1. The van der Waals surface area contributed by atoms with Crippen LogP contribution in [0.25, 0.3) is 0 Å². The van der Waals surface area contributed by atoms with Gasteiger partial charge in [0.25, 0.3) is 0 Å². The number of nitrogen functional groups attached to an aromatic ring is 1. The van der Waals surface area contributed by atoms with Gasteiger partial charge in [-0.2, -0.15) is 0 Å². The van der Waals surface area contributed by atoms with Gasteiger partial charge in [0.2, 0.25) is 5.91 Å². The highest BCUT2D eigenvalue weighted by molar-refractivity contribution is 5.94. The first kappa shape index (κ1) is 11.5. The average Bonchev–Trinajstić information content (AvgIpc) is 2.33. The van der Waals surface area contributed by atoms with Crippen LogP contribution < -0.4 is 16.8 Å². The molecule has 1 unspecified atom stereocenters. The monoisotopic (exact) mass is 231 g/mol. The number of nitrogens with one attached hydrogen (secondary N) is 1. The molecule has 1 amide bonds. The summed E-state index contributed by atoms with van der Waals surface area (Å²) in [5.74, 6) is -0.455. The number of allylic oxidation sites excluding steroid dienone is 1. The SMILES string of the molecule is NC(=O)c1ccc(NC2CC=CCC2)c(N)c1. The van der Waals surface area contributed by atoms with Crippen LogP contribution in [0.1, 0.15) is 29.6 Å². The molecule has 0 spiro atoms. The van der Waals surface area contributed by atoms with Crippen LogP contribution in [0.5, 0.6) is 0 Å². The van der Waals surface area contributed by atoms with E-state index in [1.54, 1.807) is 12.1 Å². The minimum atomic E-state index is -0.455. The van der Waals surface area contributed by atoms with E-state index in [2.05, 4.69) is 17.5 Å². The van der Waals surface area contributed by atoms with Gasteiger partial charge in [-0.05, 0) is 37.5 Å². The summed E-state index contributed by atoms with van der Waals surface area (Å²) in [6.07, 6.45) is 7.58. The van der Waals surface area contributed by atoms with E-state index in [0.29, 0.717) is 17.3 Å². The van der Waals surface area contributed by atoms with Crippen LogP contribution in [0.3, 0.4) is 0 Å². The molecule has 0 fully saturated rings. The summed E-state index contributed by atoms with van der Waals surface area (Å²) < 4.78 is 0. The highest BCUT2D eigenvalue weighted by Crippen LogP contribution is 2.23. The van der Waals surface area contributed by atoms with Crippen LogP contribution in [-0.4, -0.2) is 11.9 Å². The molecule has 1 aromatic rings. The van der Waals surface area contributed by atoms with Crippen LogP contribution in [0.2, 0.25) is 0 Å². The fourth-order valence-corrected chi connectivity index (χ4v) is 1.99. The normalized spacial score (nSPS) is 18.9. The third-order valence-electron chi connectivity index (χ3n) is 2.96. The molecule has 1 aliphatic rings. The summed E-state index contributed by atoms with van der Waals surface area (Å²) in [6.45, 7) is 0. The van der Waals surface area contributed by atoms with Crippen molar-refractivity contribution in [3.8, 4) is 0 Å². The highest BCUT2D eigenvalue weighted by Gasteiger charge is 2.11. The number of carbonyl (C=O) groups excluding carboxylic acids is 1. The van der Waals surface area contributed by atoms with Crippen molar-refractivity contribution in [1.29, 1.82) is 0 Å². The Kier molecular flexibility index (Phi) is 3.32. The predicted octanol–water partition coefficient (Wildman–Crippen LogP) is 1.89. The Morgan fingerprint density at radius 3 is 2.76 bits per heavy atom. The molecule has 0 saturated heterocycles. The second-order valence-electron chi connectivity index (χ2n) is 4.29. The molecule has 0 heterocycles. The summed E-state index contributed by atoms with van der Waals surface area (Å²) in [6, 6.07) is 5.54. The molecule has 0 radical (unpaired) electrons. The Labute approximate surface area is 101 Å². The first-order chi connectivity index (χ1) is 8.16. The second-order valence-corrected chi connectivity index (χ2v) is 4.29. The number of amides is 1. The van der Waals surface area contributed by atoms with Crippen LogP contribution >= 0.6 is 0 Å². The molecule has 4 heteroatoms. The summed E-state index contributed by atoms with van der Waals surface area (Å²) >= 11 is 0. The van der Waals surface area contributed by atoms with E-state index in [-0.39, 0.29) is 0 Å². The first-order valence-electron chi connectivity index (χ1n) is 5.77. The van der Waals surface area contributed by atoms with Crippen molar-refractivity contribution in [2.45, 2.75) is 25.3 Å². The molecule has 5 N–H and O–H groups in total. The number of rotatable bonds is 3. The van der Waals surface area contributed by atoms with E-state index in [1.807, 2.05) is 6.07 Å². The van der Waals surface area contributed by atoms with Crippen molar-refractivity contribution in [2.24, 2.45) is 5.73 Å². The zero-order valence-electron chi connectivity index (χ0n) is 9.65. The maximum Gasteiger partial charge on any atom is 0.248 e. The van der Waals surface area contributed by atoms with E-state index < -0.39 is 5.91 Å². The van der Waals surface area contributed by atoms with Crippen molar-refractivity contribution in [3.63, 3.8) is 0 Å². The van der Waals surface area contributed by atoms with Gasteiger partial charge < -0.3 is 16.8 Å². The molecule has 0 aliphatic heterocycles. The maximum absolute atomic E-state index is 11.0. The van der Waals surface area contributed by atoms with Gasteiger partial charge in [0.05, 0.1) is 11.4 Å². The van der Waals surface area contributed by atoms with E-state index >= 15 is 0 Å². The largest absolute Gasteiger partial charge is 0.397 e. The van der Waals surface area contributed by atoms with Gasteiger partial charge in [0.1, 0.15) is 0 Å². The van der Waals surface area contributed by atoms with Crippen molar-refractivity contribution in [3.05, 3.63) is 35.9 Å². The second kappa shape index (κ2) is 4.91. The van der Waals surface area contributed by atoms with Crippen molar-refractivity contribution in [1.82, 2.24) is 0 Å². The molecule has 4 nitrogen and oxygen atoms in total. The third kappa shape index (κ3) is 2.78. The number of benzene rings is 1. The lowest BCUT2D eigenvalue weighted by Crippen LogP contribution is -2.21. The number of hydrogen-bond donors (Lipinski definition) is 3. The molecule has 0 aromatic heterocycles. The summed E-state index contributed by atoms with van der Waals surface area (Å²) in [5, 5.41) is 3.39. The van der Waals surface area contributed by atoms with Gasteiger partial charge in [0.15, 0.2) is 0 Å². The minimum absolute atomic E-state index is 0.418. The van der Waals surface area contributed by atoms with Crippen LogP contribution in [0.15, 0.2) is 30.4 Å². The quantitative estimate of drug-likeness (QED) is 0.549. The first-order valence-corrected chi connectivity index (χ1v) is 5.77. The molecule has 1 aliphatic carbocycles. The Bertz CT molecular complexity index is 454. The molecule has 17 heavy (non-hydrogen) atoms. The highest BCUT2D eigenvalue weighted by atomic mass is 16.1. The molecular weight excluding hydrogens is 214 g/mol. The topological polar surface area (TPSA) is 81.1 Å². The Hall–Kier alpha value is -1.97. The fourth-order valence-electron chi connectivity index (χ4n) is 1.99. The van der Waals surface area contributed by atoms with Crippen molar-refractivity contribution in [2.75, 3.05) is 11.1 Å². The van der Waals surface area contributed by atoms with Gasteiger partial charge in [-0.25, -0.2) is 0 Å². The number of hydrogen-bond acceptors (Lipinski definition) is 3. The van der Waals surface area contributed by atoms with Gasteiger partial charge in [0, 0.05) is 11.6 Å². The summed E-state index contributed by atoms with van der Waals surface area (Å²) in [7, 11) is 0. The molecule has 90 valence electrons. The average molecular weight is 231 g/mol. The zero-order chi connectivity index (χ0) is 12.3. The molecule has 2 rings (SSSR count). The fraction of sp³-hybridized carbons (Fsp3) is 0.308. The lowest BCUT2D eigenvalue weighted by Gasteiger charge is -2.21. The lowest BCUT2D eigenvalue weighted by molar-refractivity contribution is 0.100. The van der Waals surface area contributed by atoms with E-state index in [4.69, 9.17) is 11.5 Å². The Balaban J connectivity index is 2.11. The smallest absolute Gasteiger partial charge is 0.248 e. The van der Waals surface area contributed by atoms with Crippen molar-refractivity contribution < 1.29 is 4.79 Å². The van der Waals surface area contributed by atoms with E-state index in [9.17, 15) is 4.79 Å². The van der Waals surface area contributed by atoms with Crippen LogP contribution in [0, 0.1) is 0 Å². The van der Waals surface area contributed by atoms with E-state index in [0.717, 1.165) is 24.9 Å². The van der Waals surface area contributed by atoms with Crippen LogP contribution in [0.4, 0.5) is 11.4 Å². The maximum atomic E-state index is 11.0. The number of primary amides is 1. The number of nitrogens with two attached hydrogens (primary N) is 2. The van der Waals surface area contributed by atoms with Crippen LogP contribution in [-0.2, 0) is 0 Å². The lowest BCUT2D eigenvalue weighted by atomic mass is 10.0. The molecule has 0 saturated carbocycles. The van der Waals surface area contributed by atoms with Gasteiger partial charge in [-0.1, -0.05) is 12.2 Å². The van der Waals surface area contributed by atoms with E-state index in [1.165, 1.54) is 0 Å². The number of anilines is 2. The molecule has 1 atom stereocenters. The summed E-state index contributed by atoms with van der Waals surface area (Å²) in [5.41, 5.74) is 13.0. The molecule has 1 aromatic carbocycles. The Morgan fingerprint density at radius 2 is 2.18 bits per heavy atom. The standard InChI is InChI=1S/C13H17N3O/c14-11-8-9(13(15)17)6-7-12(11)16-10-4-2-1-3-5-10/h1-2,6-8,10,16H,3-5,14H2,(H2,15,17). The third-order valence-corrected chi connectivity index (χ3v) is 2.96. The molecular formula is C13H17N3O. The minimum Gasteiger partial charge on any atom is -0.397 e. The van der Waals surface area contributed by atoms with Gasteiger partial charge >= 0.3 is 0 Å².